The van der Waals surface area contributed by atoms with Crippen molar-refractivity contribution in [3.05, 3.63) is 59.7 Å². The molecule has 6 nitrogen and oxygen atoms in total. The molecule has 0 fully saturated rings. The van der Waals surface area contributed by atoms with E-state index in [1.54, 1.807) is 50.2 Å². The van der Waals surface area contributed by atoms with Crippen LogP contribution in [0.4, 0.5) is 5.69 Å². The van der Waals surface area contributed by atoms with Crippen molar-refractivity contribution in [3.63, 3.8) is 0 Å². The van der Waals surface area contributed by atoms with E-state index in [9.17, 15) is 13.2 Å². The third kappa shape index (κ3) is 5.55. The molecule has 7 heteroatoms. The largest absolute Gasteiger partial charge is 0.496 e. The summed E-state index contributed by atoms with van der Waals surface area (Å²) in [6.07, 6.45) is 0. The van der Waals surface area contributed by atoms with E-state index < -0.39 is 15.3 Å². The number of sulfonamides is 1. The molecule has 1 atom stereocenters. The summed E-state index contributed by atoms with van der Waals surface area (Å²) in [7, 11) is -1.76. The van der Waals surface area contributed by atoms with Gasteiger partial charge in [0.1, 0.15) is 5.75 Å². The Hall–Kier alpha value is -2.38. The van der Waals surface area contributed by atoms with Crippen LogP contribution < -0.4 is 14.8 Å². The minimum atomic E-state index is -3.28. The van der Waals surface area contributed by atoms with Crippen molar-refractivity contribution in [2.75, 3.05) is 19.0 Å². The number of hydrogen-bond donors (Lipinski definition) is 2. The molecule has 0 aliphatic carbocycles. The Morgan fingerprint density at radius 1 is 1.04 bits per heavy atom. The molecule has 2 aromatic rings. The second-order valence-electron chi connectivity index (χ2n) is 6.62. The van der Waals surface area contributed by atoms with Crippen molar-refractivity contribution in [3.8, 4) is 5.75 Å². The molecule has 1 amide bonds. The minimum Gasteiger partial charge on any atom is -0.496 e. The van der Waals surface area contributed by atoms with Gasteiger partial charge in [0.05, 0.1) is 17.9 Å². The van der Waals surface area contributed by atoms with Gasteiger partial charge in [-0.25, -0.2) is 13.1 Å². The number of amides is 1. The Morgan fingerprint density at radius 2 is 1.67 bits per heavy atom. The van der Waals surface area contributed by atoms with Gasteiger partial charge in [0.15, 0.2) is 0 Å². The molecule has 0 spiro atoms. The summed E-state index contributed by atoms with van der Waals surface area (Å²) in [4.78, 5) is 12.4. The van der Waals surface area contributed by atoms with Crippen LogP contribution in [0.1, 0.15) is 42.6 Å². The van der Waals surface area contributed by atoms with Gasteiger partial charge in [0, 0.05) is 12.2 Å². The fourth-order valence-electron chi connectivity index (χ4n) is 2.45. The lowest BCUT2D eigenvalue weighted by atomic mass is 10.0. The maximum Gasteiger partial charge on any atom is 0.259 e. The Labute approximate surface area is 161 Å². The predicted molar refractivity (Wildman–Crippen MR) is 108 cm³/mol. The zero-order valence-electron chi connectivity index (χ0n) is 16.0. The number of methoxy groups -OCH3 is 1. The molecule has 27 heavy (non-hydrogen) atoms. The van der Waals surface area contributed by atoms with E-state index in [1.165, 1.54) is 7.11 Å². The molecule has 0 saturated carbocycles. The predicted octanol–water partition coefficient (Wildman–Crippen LogP) is 3.38. The standard InChI is InChI=1S/C20H26N2O4S/c1-14(2)27(24,25)21-13-15(3)16-9-11-17(12-10-16)22-20(23)18-7-5-6-8-19(18)26-4/h5-12,14-15,21H,13H2,1-4H3,(H,22,23). The number of rotatable bonds is 8. The Kier molecular flexibility index (Phi) is 6.98. The first kappa shape index (κ1) is 20.9. The molecular weight excluding hydrogens is 364 g/mol. The molecule has 0 aliphatic heterocycles. The van der Waals surface area contributed by atoms with Gasteiger partial charge in [-0.3, -0.25) is 4.79 Å². The molecule has 0 bridgehead atoms. The second kappa shape index (κ2) is 9.01. The highest BCUT2D eigenvalue weighted by molar-refractivity contribution is 7.90. The summed E-state index contributed by atoms with van der Waals surface area (Å²) in [5.41, 5.74) is 2.10. The van der Waals surface area contributed by atoms with Crippen molar-refractivity contribution in [1.82, 2.24) is 4.72 Å². The van der Waals surface area contributed by atoms with E-state index in [1.807, 2.05) is 19.1 Å². The number of para-hydroxylation sites is 1. The number of anilines is 1. The van der Waals surface area contributed by atoms with Crippen LogP contribution in [-0.2, 0) is 10.0 Å². The van der Waals surface area contributed by atoms with Gasteiger partial charge < -0.3 is 10.1 Å². The molecule has 0 radical (unpaired) electrons. The Morgan fingerprint density at radius 3 is 2.26 bits per heavy atom. The summed E-state index contributed by atoms with van der Waals surface area (Å²) >= 11 is 0. The van der Waals surface area contributed by atoms with E-state index >= 15 is 0 Å². The van der Waals surface area contributed by atoms with Crippen molar-refractivity contribution < 1.29 is 17.9 Å². The molecule has 146 valence electrons. The topological polar surface area (TPSA) is 84.5 Å². The molecule has 2 rings (SSSR count). The number of carbonyl (C=O) groups is 1. The van der Waals surface area contributed by atoms with Crippen molar-refractivity contribution >= 4 is 21.6 Å². The Bertz CT molecular complexity index is 877. The fourth-order valence-corrected chi connectivity index (χ4v) is 3.27. The monoisotopic (exact) mass is 390 g/mol. The summed E-state index contributed by atoms with van der Waals surface area (Å²) in [5, 5.41) is 2.38. The first-order chi connectivity index (χ1) is 12.7. The van der Waals surface area contributed by atoms with E-state index in [0.29, 0.717) is 23.5 Å². The quantitative estimate of drug-likeness (QED) is 0.724. The van der Waals surface area contributed by atoms with Gasteiger partial charge in [-0.1, -0.05) is 31.2 Å². The Balaban J connectivity index is 2.01. The maximum atomic E-state index is 12.4. The third-order valence-electron chi connectivity index (χ3n) is 4.30. The van der Waals surface area contributed by atoms with E-state index in [2.05, 4.69) is 10.0 Å². The van der Waals surface area contributed by atoms with Gasteiger partial charge in [-0.15, -0.1) is 0 Å². The summed E-state index contributed by atoms with van der Waals surface area (Å²) < 4.78 is 31.6. The van der Waals surface area contributed by atoms with Crippen LogP contribution in [-0.4, -0.2) is 33.2 Å². The molecule has 0 heterocycles. The first-order valence-electron chi connectivity index (χ1n) is 8.77. The summed E-state index contributed by atoms with van der Waals surface area (Å²) in [6.45, 7) is 5.57. The zero-order chi connectivity index (χ0) is 20.0. The van der Waals surface area contributed by atoms with Gasteiger partial charge >= 0.3 is 0 Å². The van der Waals surface area contributed by atoms with Gasteiger partial charge in [-0.05, 0) is 49.6 Å². The van der Waals surface area contributed by atoms with Crippen LogP contribution in [0.3, 0.4) is 0 Å². The van der Waals surface area contributed by atoms with Crippen molar-refractivity contribution in [2.45, 2.75) is 31.9 Å². The maximum absolute atomic E-state index is 12.4. The summed E-state index contributed by atoms with van der Waals surface area (Å²) in [5.74, 6) is 0.271. The van der Waals surface area contributed by atoms with Crippen LogP contribution in [0, 0.1) is 0 Å². The molecule has 0 saturated heterocycles. The molecular formula is C20H26N2O4S. The zero-order valence-corrected chi connectivity index (χ0v) is 16.8. The SMILES string of the molecule is COc1ccccc1C(=O)Nc1ccc(C(C)CNS(=O)(=O)C(C)C)cc1. The van der Waals surface area contributed by atoms with Crippen molar-refractivity contribution in [1.29, 1.82) is 0 Å². The number of hydrogen-bond acceptors (Lipinski definition) is 4. The lowest BCUT2D eigenvalue weighted by Gasteiger charge is -2.15. The third-order valence-corrected chi connectivity index (χ3v) is 6.11. The lowest BCUT2D eigenvalue weighted by Crippen LogP contribution is -2.33. The average molecular weight is 391 g/mol. The van der Waals surface area contributed by atoms with Crippen LogP contribution >= 0.6 is 0 Å². The molecule has 2 N–H and O–H groups in total. The number of ether oxygens (including phenoxy) is 1. The van der Waals surface area contributed by atoms with Gasteiger partial charge in [-0.2, -0.15) is 0 Å². The van der Waals surface area contributed by atoms with E-state index in [0.717, 1.165) is 5.56 Å². The molecule has 2 aromatic carbocycles. The van der Waals surface area contributed by atoms with Gasteiger partial charge in [0.2, 0.25) is 10.0 Å². The van der Waals surface area contributed by atoms with Crippen LogP contribution in [0.25, 0.3) is 0 Å². The smallest absolute Gasteiger partial charge is 0.259 e. The number of nitrogens with one attached hydrogen (secondary N) is 2. The molecule has 0 aliphatic rings. The highest BCUT2D eigenvalue weighted by atomic mass is 32.2. The van der Waals surface area contributed by atoms with Gasteiger partial charge in [0.25, 0.3) is 5.91 Å². The lowest BCUT2D eigenvalue weighted by molar-refractivity contribution is 0.102. The normalized spacial score (nSPS) is 12.6. The first-order valence-corrected chi connectivity index (χ1v) is 10.3. The highest BCUT2D eigenvalue weighted by Gasteiger charge is 2.17. The molecule has 1 unspecified atom stereocenters. The number of carbonyl (C=O) groups excluding carboxylic acids is 1. The summed E-state index contributed by atoms with van der Waals surface area (Å²) in [6, 6.07) is 14.4. The number of benzene rings is 2. The highest BCUT2D eigenvalue weighted by Crippen LogP contribution is 2.21. The van der Waals surface area contributed by atoms with E-state index in [4.69, 9.17) is 4.74 Å². The average Bonchev–Trinajstić information content (AvgIpc) is 2.66. The molecule has 0 aromatic heterocycles. The fraction of sp³-hybridized carbons (Fsp3) is 0.350. The van der Waals surface area contributed by atoms with Crippen LogP contribution in [0.2, 0.25) is 0 Å². The van der Waals surface area contributed by atoms with Crippen molar-refractivity contribution in [2.24, 2.45) is 0 Å². The van der Waals surface area contributed by atoms with Crippen LogP contribution in [0.15, 0.2) is 48.5 Å². The second-order valence-corrected chi connectivity index (χ2v) is 8.94. The minimum absolute atomic E-state index is 0.0116. The van der Waals surface area contributed by atoms with E-state index in [-0.39, 0.29) is 11.8 Å². The van der Waals surface area contributed by atoms with Crippen LogP contribution in [0.5, 0.6) is 5.75 Å².